The largest absolute Gasteiger partial charge is 0.496 e. The predicted molar refractivity (Wildman–Crippen MR) is 91.8 cm³/mol. The molecule has 0 atom stereocenters. The molecule has 0 aromatic heterocycles. The summed E-state index contributed by atoms with van der Waals surface area (Å²) in [5.41, 5.74) is 2.31. The lowest BCUT2D eigenvalue weighted by Crippen LogP contribution is -2.14. The smallest absolute Gasteiger partial charge is 0.414 e. The number of para-hydroxylation sites is 2. The minimum absolute atomic E-state index is 0.766. The van der Waals surface area contributed by atoms with Gasteiger partial charge in [0.2, 0.25) is 0 Å². The SMILES string of the molecule is COc1ccccc1CNCc1ccccc1OC.O=C(O)C(=O)O. The van der Waals surface area contributed by atoms with Crippen molar-refractivity contribution < 1.29 is 29.3 Å². The van der Waals surface area contributed by atoms with E-state index in [0.717, 1.165) is 35.7 Å². The first-order valence-corrected chi connectivity index (χ1v) is 7.40. The monoisotopic (exact) mass is 347 g/mol. The Hall–Kier alpha value is -3.06. The van der Waals surface area contributed by atoms with Gasteiger partial charge in [-0.15, -0.1) is 0 Å². The van der Waals surface area contributed by atoms with Crippen molar-refractivity contribution in [3.8, 4) is 11.5 Å². The fraction of sp³-hybridized carbons (Fsp3) is 0.222. The maximum absolute atomic E-state index is 9.10. The standard InChI is InChI=1S/C16H19NO2.C2H2O4/c1-18-15-9-5-3-7-13(15)11-17-12-14-8-4-6-10-16(14)19-2;3-1(4)2(5)6/h3-10,17H,11-12H2,1-2H3;(H,3,4)(H,5,6). The third-order valence-electron chi connectivity index (χ3n) is 3.20. The number of hydrogen-bond donors (Lipinski definition) is 3. The highest BCUT2D eigenvalue weighted by Gasteiger charge is 2.04. The summed E-state index contributed by atoms with van der Waals surface area (Å²) < 4.78 is 10.7. The van der Waals surface area contributed by atoms with E-state index >= 15 is 0 Å². The highest BCUT2D eigenvalue weighted by molar-refractivity contribution is 6.27. The molecule has 0 unspecified atom stereocenters. The lowest BCUT2D eigenvalue weighted by Gasteiger charge is -2.11. The van der Waals surface area contributed by atoms with E-state index in [0.29, 0.717) is 0 Å². The molecule has 0 heterocycles. The molecule has 0 radical (unpaired) electrons. The summed E-state index contributed by atoms with van der Waals surface area (Å²) in [6, 6.07) is 16.1. The molecule has 0 aliphatic carbocycles. The Labute approximate surface area is 145 Å². The Balaban J connectivity index is 0.000000450. The molecule has 7 heteroatoms. The fourth-order valence-electron chi connectivity index (χ4n) is 2.03. The number of benzene rings is 2. The van der Waals surface area contributed by atoms with Crippen molar-refractivity contribution in [3.63, 3.8) is 0 Å². The van der Waals surface area contributed by atoms with Crippen LogP contribution in [-0.2, 0) is 22.7 Å². The number of hydrogen-bond acceptors (Lipinski definition) is 5. The molecular formula is C18H21NO6. The summed E-state index contributed by atoms with van der Waals surface area (Å²) in [6.07, 6.45) is 0. The number of carbonyl (C=O) groups is 2. The zero-order chi connectivity index (χ0) is 18.7. The molecule has 0 amide bonds. The lowest BCUT2D eigenvalue weighted by atomic mass is 10.1. The molecule has 0 saturated carbocycles. The van der Waals surface area contributed by atoms with Crippen LogP contribution in [-0.4, -0.2) is 36.4 Å². The minimum atomic E-state index is -1.82. The van der Waals surface area contributed by atoms with Gasteiger partial charge in [0.25, 0.3) is 0 Å². The van der Waals surface area contributed by atoms with Gasteiger partial charge in [-0.1, -0.05) is 36.4 Å². The van der Waals surface area contributed by atoms with Crippen LogP contribution in [0.25, 0.3) is 0 Å². The molecule has 2 aromatic carbocycles. The second-order valence-corrected chi connectivity index (χ2v) is 4.84. The average Bonchev–Trinajstić information content (AvgIpc) is 2.63. The van der Waals surface area contributed by atoms with E-state index in [4.69, 9.17) is 29.3 Å². The van der Waals surface area contributed by atoms with Crippen molar-refractivity contribution in [2.45, 2.75) is 13.1 Å². The van der Waals surface area contributed by atoms with Crippen molar-refractivity contribution in [2.24, 2.45) is 0 Å². The number of rotatable bonds is 6. The van der Waals surface area contributed by atoms with Gasteiger partial charge in [-0.05, 0) is 12.1 Å². The molecule has 3 N–H and O–H groups in total. The normalized spacial score (nSPS) is 9.52. The van der Waals surface area contributed by atoms with Gasteiger partial charge in [0.15, 0.2) is 0 Å². The molecule has 7 nitrogen and oxygen atoms in total. The van der Waals surface area contributed by atoms with E-state index in [1.165, 1.54) is 0 Å². The zero-order valence-corrected chi connectivity index (χ0v) is 14.1. The first kappa shape index (κ1) is 20.0. The highest BCUT2D eigenvalue weighted by atomic mass is 16.5. The van der Waals surface area contributed by atoms with Gasteiger partial charge in [-0.2, -0.15) is 0 Å². The number of ether oxygens (including phenoxy) is 2. The zero-order valence-electron chi connectivity index (χ0n) is 14.1. The van der Waals surface area contributed by atoms with Crippen LogP contribution in [0.2, 0.25) is 0 Å². The topological polar surface area (TPSA) is 105 Å². The maximum atomic E-state index is 9.10. The lowest BCUT2D eigenvalue weighted by molar-refractivity contribution is -0.159. The van der Waals surface area contributed by atoms with Gasteiger partial charge in [0.05, 0.1) is 14.2 Å². The van der Waals surface area contributed by atoms with E-state index in [1.54, 1.807) is 14.2 Å². The van der Waals surface area contributed by atoms with Gasteiger partial charge >= 0.3 is 11.9 Å². The van der Waals surface area contributed by atoms with Crippen molar-refractivity contribution in [3.05, 3.63) is 59.7 Å². The van der Waals surface area contributed by atoms with E-state index in [9.17, 15) is 0 Å². The van der Waals surface area contributed by atoms with Crippen molar-refractivity contribution in [2.75, 3.05) is 14.2 Å². The summed E-state index contributed by atoms with van der Waals surface area (Å²) in [4.78, 5) is 18.2. The van der Waals surface area contributed by atoms with Gasteiger partial charge in [-0.3, -0.25) is 0 Å². The van der Waals surface area contributed by atoms with Gasteiger partial charge in [0, 0.05) is 24.2 Å². The fourth-order valence-corrected chi connectivity index (χ4v) is 2.03. The van der Waals surface area contributed by atoms with E-state index in [1.807, 2.05) is 36.4 Å². The summed E-state index contributed by atoms with van der Waals surface area (Å²) in [5.74, 6) is -1.82. The average molecular weight is 347 g/mol. The Bertz CT molecular complexity index is 642. The Morgan fingerprint density at radius 3 is 1.48 bits per heavy atom. The van der Waals surface area contributed by atoms with Crippen molar-refractivity contribution >= 4 is 11.9 Å². The maximum Gasteiger partial charge on any atom is 0.414 e. The number of methoxy groups -OCH3 is 2. The number of nitrogens with one attached hydrogen (secondary N) is 1. The van der Waals surface area contributed by atoms with Crippen molar-refractivity contribution in [1.29, 1.82) is 0 Å². The molecule has 0 fully saturated rings. The Morgan fingerprint density at radius 2 is 1.16 bits per heavy atom. The molecular weight excluding hydrogens is 326 g/mol. The summed E-state index contributed by atoms with van der Waals surface area (Å²) in [6.45, 7) is 1.53. The van der Waals surface area contributed by atoms with Gasteiger partial charge in [-0.25, -0.2) is 9.59 Å². The summed E-state index contributed by atoms with van der Waals surface area (Å²) >= 11 is 0. The van der Waals surface area contributed by atoms with E-state index in [2.05, 4.69) is 17.4 Å². The third kappa shape index (κ3) is 6.92. The molecule has 0 aliphatic heterocycles. The number of carboxylic acid groups (broad SMARTS) is 2. The van der Waals surface area contributed by atoms with E-state index < -0.39 is 11.9 Å². The predicted octanol–water partition coefficient (Wildman–Crippen LogP) is 2.15. The van der Waals surface area contributed by atoms with Crippen LogP contribution in [0.3, 0.4) is 0 Å². The van der Waals surface area contributed by atoms with Crippen LogP contribution in [0.15, 0.2) is 48.5 Å². The molecule has 25 heavy (non-hydrogen) atoms. The number of carboxylic acids is 2. The summed E-state index contributed by atoms with van der Waals surface area (Å²) in [5, 5.41) is 18.2. The van der Waals surface area contributed by atoms with Crippen molar-refractivity contribution in [1.82, 2.24) is 5.32 Å². The second-order valence-electron chi connectivity index (χ2n) is 4.84. The second kappa shape index (κ2) is 10.7. The molecule has 0 spiro atoms. The quantitative estimate of drug-likeness (QED) is 0.688. The third-order valence-corrected chi connectivity index (χ3v) is 3.20. The molecule has 0 bridgehead atoms. The minimum Gasteiger partial charge on any atom is -0.496 e. The highest BCUT2D eigenvalue weighted by Crippen LogP contribution is 2.19. The van der Waals surface area contributed by atoms with Gasteiger partial charge < -0.3 is 25.0 Å². The Morgan fingerprint density at radius 1 is 0.800 bits per heavy atom. The van der Waals surface area contributed by atoms with Crippen LogP contribution in [0, 0.1) is 0 Å². The molecule has 0 aliphatic rings. The summed E-state index contributed by atoms with van der Waals surface area (Å²) in [7, 11) is 3.39. The molecule has 2 aromatic rings. The van der Waals surface area contributed by atoms with E-state index in [-0.39, 0.29) is 0 Å². The van der Waals surface area contributed by atoms with Crippen LogP contribution in [0.1, 0.15) is 11.1 Å². The Kier molecular flexibility index (Phi) is 8.53. The van der Waals surface area contributed by atoms with Crippen LogP contribution in [0.4, 0.5) is 0 Å². The molecule has 0 saturated heterocycles. The number of aliphatic carboxylic acids is 2. The first-order valence-electron chi connectivity index (χ1n) is 7.40. The van der Waals surface area contributed by atoms with Crippen LogP contribution >= 0.6 is 0 Å². The van der Waals surface area contributed by atoms with Crippen LogP contribution < -0.4 is 14.8 Å². The first-order chi connectivity index (χ1) is 12.0. The molecule has 2 rings (SSSR count). The van der Waals surface area contributed by atoms with Crippen LogP contribution in [0.5, 0.6) is 11.5 Å². The molecule has 134 valence electrons. The van der Waals surface area contributed by atoms with Gasteiger partial charge in [0.1, 0.15) is 11.5 Å².